The SMILES string of the molecule is CCCC(C)(CN(C)CC1CCC1)C(=O)O. The van der Waals surface area contributed by atoms with Crippen LogP contribution in [0.5, 0.6) is 0 Å². The van der Waals surface area contributed by atoms with Crippen LogP contribution in [-0.4, -0.2) is 36.1 Å². The number of hydrogen-bond acceptors (Lipinski definition) is 2. The highest BCUT2D eigenvalue weighted by atomic mass is 16.4. The minimum atomic E-state index is -0.658. The largest absolute Gasteiger partial charge is 0.481 e. The first-order chi connectivity index (χ1) is 7.48. The zero-order chi connectivity index (χ0) is 12.2. The molecule has 1 atom stereocenters. The summed E-state index contributed by atoms with van der Waals surface area (Å²) in [5.74, 6) is 0.152. The van der Waals surface area contributed by atoms with Crippen molar-refractivity contribution < 1.29 is 9.90 Å². The van der Waals surface area contributed by atoms with E-state index in [1.165, 1.54) is 19.3 Å². The molecule has 0 aromatic heterocycles. The van der Waals surface area contributed by atoms with E-state index in [2.05, 4.69) is 11.9 Å². The summed E-state index contributed by atoms with van der Waals surface area (Å²) in [6.45, 7) is 5.66. The molecular weight excluding hydrogens is 202 g/mol. The van der Waals surface area contributed by atoms with Gasteiger partial charge in [0.15, 0.2) is 0 Å². The van der Waals surface area contributed by atoms with Gasteiger partial charge in [-0.05, 0) is 39.2 Å². The van der Waals surface area contributed by atoms with Gasteiger partial charge in [-0.15, -0.1) is 0 Å². The average molecular weight is 227 g/mol. The Kier molecular flexibility index (Phi) is 4.78. The fraction of sp³-hybridized carbons (Fsp3) is 0.923. The zero-order valence-corrected chi connectivity index (χ0v) is 10.8. The van der Waals surface area contributed by atoms with E-state index in [1.807, 2.05) is 13.8 Å². The summed E-state index contributed by atoms with van der Waals surface area (Å²) in [6.07, 6.45) is 5.69. The second-order valence-electron chi connectivity index (χ2n) is 5.61. The van der Waals surface area contributed by atoms with Crippen LogP contribution in [0.3, 0.4) is 0 Å². The van der Waals surface area contributed by atoms with Crippen molar-refractivity contribution in [3.8, 4) is 0 Å². The Morgan fingerprint density at radius 3 is 2.50 bits per heavy atom. The van der Waals surface area contributed by atoms with E-state index in [-0.39, 0.29) is 0 Å². The predicted molar refractivity (Wildman–Crippen MR) is 65.5 cm³/mol. The summed E-state index contributed by atoms with van der Waals surface area (Å²) >= 11 is 0. The van der Waals surface area contributed by atoms with Crippen molar-refractivity contribution in [3.05, 3.63) is 0 Å². The third kappa shape index (κ3) is 3.48. The molecule has 1 N–H and O–H groups in total. The normalized spacial score (nSPS) is 20.5. The minimum absolute atomic E-state index is 0.576. The van der Waals surface area contributed by atoms with Crippen molar-refractivity contribution in [2.45, 2.75) is 46.0 Å². The van der Waals surface area contributed by atoms with E-state index in [1.54, 1.807) is 0 Å². The van der Waals surface area contributed by atoms with Gasteiger partial charge in [0.1, 0.15) is 0 Å². The second kappa shape index (κ2) is 5.67. The highest BCUT2D eigenvalue weighted by Crippen LogP contribution is 2.29. The summed E-state index contributed by atoms with van der Waals surface area (Å²) in [5, 5.41) is 9.29. The van der Waals surface area contributed by atoms with E-state index < -0.39 is 11.4 Å². The van der Waals surface area contributed by atoms with Crippen molar-refractivity contribution in [1.82, 2.24) is 4.90 Å². The van der Waals surface area contributed by atoms with Gasteiger partial charge in [-0.3, -0.25) is 4.79 Å². The molecule has 0 aromatic carbocycles. The Balaban J connectivity index is 2.43. The summed E-state index contributed by atoms with van der Waals surface area (Å²) in [4.78, 5) is 13.5. The van der Waals surface area contributed by atoms with Gasteiger partial charge in [-0.1, -0.05) is 19.8 Å². The molecule has 1 rings (SSSR count). The molecule has 3 nitrogen and oxygen atoms in total. The standard InChI is InChI=1S/C13H25NO2/c1-4-8-13(2,12(15)16)10-14(3)9-11-6-5-7-11/h11H,4-10H2,1-3H3,(H,15,16). The fourth-order valence-corrected chi connectivity index (χ4v) is 2.58. The maximum atomic E-state index is 11.3. The van der Waals surface area contributed by atoms with E-state index in [0.29, 0.717) is 6.54 Å². The van der Waals surface area contributed by atoms with Gasteiger partial charge in [0.25, 0.3) is 0 Å². The Labute approximate surface area is 98.8 Å². The van der Waals surface area contributed by atoms with Gasteiger partial charge in [0.2, 0.25) is 0 Å². The van der Waals surface area contributed by atoms with Gasteiger partial charge in [0, 0.05) is 13.1 Å². The maximum Gasteiger partial charge on any atom is 0.310 e. The van der Waals surface area contributed by atoms with Crippen LogP contribution in [0, 0.1) is 11.3 Å². The molecule has 1 fully saturated rings. The van der Waals surface area contributed by atoms with Crippen LogP contribution in [0.25, 0.3) is 0 Å². The van der Waals surface area contributed by atoms with E-state index in [4.69, 9.17) is 0 Å². The molecule has 16 heavy (non-hydrogen) atoms. The number of nitrogens with zero attached hydrogens (tertiary/aromatic N) is 1. The average Bonchev–Trinajstić information content (AvgIpc) is 2.11. The molecule has 0 aromatic rings. The van der Waals surface area contributed by atoms with Crippen LogP contribution >= 0.6 is 0 Å². The number of carboxylic acid groups (broad SMARTS) is 1. The summed E-state index contributed by atoms with van der Waals surface area (Å²) < 4.78 is 0. The van der Waals surface area contributed by atoms with Crippen LogP contribution in [0.2, 0.25) is 0 Å². The van der Waals surface area contributed by atoms with Crippen molar-refractivity contribution in [3.63, 3.8) is 0 Å². The summed E-state index contributed by atoms with van der Waals surface area (Å²) in [7, 11) is 2.05. The summed E-state index contributed by atoms with van der Waals surface area (Å²) in [6, 6.07) is 0. The fourth-order valence-electron chi connectivity index (χ4n) is 2.58. The number of rotatable bonds is 7. The number of carboxylic acids is 1. The lowest BCUT2D eigenvalue weighted by molar-refractivity contribution is -0.149. The molecule has 0 amide bonds. The monoisotopic (exact) mass is 227 g/mol. The van der Waals surface area contributed by atoms with Gasteiger partial charge in [-0.2, -0.15) is 0 Å². The Bertz CT molecular complexity index is 238. The molecular formula is C13H25NO2. The van der Waals surface area contributed by atoms with E-state index in [9.17, 15) is 9.90 Å². The van der Waals surface area contributed by atoms with Gasteiger partial charge >= 0.3 is 5.97 Å². The third-order valence-electron chi connectivity index (χ3n) is 3.73. The molecule has 3 heteroatoms. The van der Waals surface area contributed by atoms with Crippen LogP contribution in [0.15, 0.2) is 0 Å². The lowest BCUT2D eigenvalue weighted by Crippen LogP contribution is -2.42. The van der Waals surface area contributed by atoms with Crippen LogP contribution in [0.4, 0.5) is 0 Å². The van der Waals surface area contributed by atoms with Gasteiger partial charge in [-0.25, -0.2) is 0 Å². The van der Waals surface area contributed by atoms with Crippen molar-refractivity contribution in [2.24, 2.45) is 11.3 Å². The molecule has 0 radical (unpaired) electrons. The maximum absolute atomic E-state index is 11.3. The number of hydrogen-bond donors (Lipinski definition) is 1. The molecule has 1 saturated carbocycles. The molecule has 1 aliphatic rings. The number of carbonyl (C=O) groups is 1. The highest BCUT2D eigenvalue weighted by Gasteiger charge is 2.34. The molecule has 1 unspecified atom stereocenters. The first kappa shape index (κ1) is 13.5. The first-order valence-corrected chi connectivity index (χ1v) is 6.40. The lowest BCUT2D eigenvalue weighted by atomic mass is 9.82. The zero-order valence-electron chi connectivity index (χ0n) is 10.8. The van der Waals surface area contributed by atoms with Gasteiger partial charge < -0.3 is 10.0 Å². The Morgan fingerprint density at radius 2 is 2.12 bits per heavy atom. The van der Waals surface area contributed by atoms with Crippen molar-refractivity contribution >= 4 is 5.97 Å². The first-order valence-electron chi connectivity index (χ1n) is 6.40. The quantitative estimate of drug-likeness (QED) is 0.727. The van der Waals surface area contributed by atoms with Crippen LogP contribution < -0.4 is 0 Å². The molecule has 0 heterocycles. The molecule has 0 bridgehead atoms. The highest BCUT2D eigenvalue weighted by molar-refractivity contribution is 5.74. The summed E-state index contributed by atoms with van der Waals surface area (Å²) in [5.41, 5.74) is -0.576. The van der Waals surface area contributed by atoms with Crippen LogP contribution in [0.1, 0.15) is 46.0 Å². The third-order valence-corrected chi connectivity index (χ3v) is 3.73. The molecule has 1 aliphatic carbocycles. The lowest BCUT2D eigenvalue weighted by Gasteiger charge is -2.34. The Hall–Kier alpha value is -0.570. The molecule has 0 aliphatic heterocycles. The minimum Gasteiger partial charge on any atom is -0.481 e. The predicted octanol–water partition coefficient (Wildman–Crippen LogP) is 2.61. The van der Waals surface area contributed by atoms with E-state index in [0.717, 1.165) is 25.3 Å². The number of aliphatic carboxylic acids is 1. The molecule has 94 valence electrons. The molecule has 0 saturated heterocycles. The van der Waals surface area contributed by atoms with Gasteiger partial charge in [0.05, 0.1) is 5.41 Å². The molecule has 0 spiro atoms. The Morgan fingerprint density at radius 1 is 1.50 bits per heavy atom. The topological polar surface area (TPSA) is 40.5 Å². The second-order valence-corrected chi connectivity index (χ2v) is 5.61. The van der Waals surface area contributed by atoms with E-state index >= 15 is 0 Å². The van der Waals surface area contributed by atoms with Crippen molar-refractivity contribution in [2.75, 3.05) is 20.1 Å². The van der Waals surface area contributed by atoms with Crippen LogP contribution in [-0.2, 0) is 4.79 Å². The van der Waals surface area contributed by atoms with Crippen molar-refractivity contribution in [1.29, 1.82) is 0 Å². The smallest absolute Gasteiger partial charge is 0.310 e.